The lowest BCUT2D eigenvalue weighted by molar-refractivity contribution is 0.256. The van der Waals surface area contributed by atoms with Crippen molar-refractivity contribution in [1.82, 2.24) is 9.97 Å². The molecular formula is C15H17N3O2. The summed E-state index contributed by atoms with van der Waals surface area (Å²) in [4.78, 5) is 8.45. The van der Waals surface area contributed by atoms with Crippen molar-refractivity contribution in [2.75, 3.05) is 19.0 Å². The lowest BCUT2D eigenvalue weighted by Crippen LogP contribution is -2.33. The SMILES string of the molecule is COc1cccc2c1OCC(Nc1ccnc(C)n1)C2. The van der Waals surface area contributed by atoms with Gasteiger partial charge in [0.1, 0.15) is 18.2 Å². The fourth-order valence-corrected chi connectivity index (χ4v) is 2.39. The van der Waals surface area contributed by atoms with Gasteiger partial charge in [-0.15, -0.1) is 0 Å². The first-order valence-corrected chi connectivity index (χ1v) is 6.61. The normalized spacial score (nSPS) is 17.0. The van der Waals surface area contributed by atoms with Gasteiger partial charge in [0, 0.05) is 11.8 Å². The van der Waals surface area contributed by atoms with Gasteiger partial charge in [0.25, 0.3) is 0 Å². The Morgan fingerprint density at radius 3 is 3.05 bits per heavy atom. The van der Waals surface area contributed by atoms with Gasteiger partial charge in [0.2, 0.25) is 0 Å². The van der Waals surface area contributed by atoms with Crippen molar-refractivity contribution in [3.63, 3.8) is 0 Å². The lowest BCUT2D eigenvalue weighted by atomic mass is 10.0. The number of nitrogens with one attached hydrogen (secondary N) is 1. The summed E-state index contributed by atoms with van der Waals surface area (Å²) in [6.45, 7) is 2.47. The first-order valence-electron chi connectivity index (χ1n) is 6.61. The summed E-state index contributed by atoms with van der Waals surface area (Å²) in [6, 6.07) is 8.03. The number of aromatic nitrogens is 2. The average molecular weight is 271 g/mol. The number of anilines is 1. The third-order valence-electron chi connectivity index (χ3n) is 3.30. The van der Waals surface area contributed by atoms with Crippen LogP contribution in [-0.2, 0) is 6.42 Å². The summed E-state index contributed by atoms with van der Waals surface area (Å²) in [7, 11) is 1.66. The molecule has 0 amide bonds. The van der Waals surface area contributed by atoms with E-state index in [9.17, 15) is 0 Å². The van der Waals surface area contributed by atoms with Crippen LogP contribution in [0.15, 0.2) is 30.5 Å². The predicted molar refractivity (Wildman–Crippen MR) is 76.4 cm³/mol. The number of methoxy groups -OCH3 is 1. The summed E-state index contributed by atoms with van der Waals surface area (Å²) in [6.07, 6.45) is 2.64. The topological polar surface area (TPSA) is 56.3 Å². The summed E-state index contributed by atoms with van der Waals surface area (Å²) >= 11 is 0. The molecule has 1 aliphatic heterocycles. The zero-order chi connectivity index (χ0) is 13.9. The highest BCUT2D eigenvalue weighted by Crippen LogP contribution is 2.34. The number of para-hydroxylation sites is 1. The molecule has 1 atom stereocenters. The van der Waals surface area contributed by atoms with Gasteiger partial charge in [-0.1, -0.05) is 12.1 Å². The van der Waals surface area contributed by atoms with E-state index in [0.29, 0.717) is 6.61 Å². The highest BCUT2D eigenvalue weighted by Gasteiger charge is 2.22. The molecule has 0 bridgehead atoms. The van der Waals surface area contributed by atoms with E-state index in [1.54, 1.807) is 13.3 Å². The van der Waals surface area contributed by atoms with E-state index in [2.05, 4.69) is 21.4 Å². The Labute approximate surface area is 118 Å². The van der Waals surface area contributed by atoms with Crippen LogP contribution in [0.3, 0.4) is 0 Å². The Balaban J connectivity index is 1.76. The van der Waals surface area contributed by atoms with Crippen LogP contribution in [0.5, 0.6) is 11.5 Å². The second-order valence-corrected chi connectivity index (χ2v) is 4.79. The van der Waals surface area contributed by atoms with Crippen molar-refractivity contribution in [2.24, 2.45) is 0 Å². The van der Waals surface area contributed by atoms with Crippen molar-refractivity contribution in [2.45, 2.75) is 19.4 Å². The van der Waals surface area contributed by atoms with E-state index in [0.717, 1.165) is 35.1 Å². The van der Waals surface area contributed by atoms with Gasteiger partial charge in [-0.3, -0.25) is 0 Å². The van der Waals surface area contributed by atoms with Gasteiger partial charge in [0.05, 0.1) is 13.2 Å². The molecule has 1 N–H and O–H groups in total. The van der Waals surface area contributed by atoms with Crippen molar-refractivity contribution < 1.29 is 9.47 Å². The number of fused-ring (bicyclic) bond motifs is 1. The van der Waals surface area contributed by atoms with Crippen LogP contribution in [-0.4, -0.2) is 29.7 Å². The molecule has 1 unspecified atom stereocenters. The van der Waals surface area contributed by atoms with Crippen molar-refractivity contribution in [3.8, 4) is 11.5 Å². The Morgan fingerprint density at radius 1 is 1.35 bits per heavy atom. The van der Waals surface area contributed by atoms with Gasteiger partial charge in [-0.25, -0.2) is 9.97 Å². The Morgan fingerprint density at radius 2 is 2.25 bits per heavy atom. The van der Waals surface area contributed by atoms with E-state index in [4.69, 9.17) is 9.47 Å². The molecule has 0 saturated heterocycles. The van der Waals surface area contributed by atoms with Gasteiger partial charge >= 0.3 is 0 Å². The molecule has 2 heterocycles. The van der Waals surface area contributed by atoms with Crippen LogP contribution in [0.4, 0.5) is 5.82 Å². The molecular weight excluding hydrogens is 254 g/mol. The van der Waals surface area contributed by atoms with Crippen LogP contribution in [0, 0.1) is 6.92 Å². The van der Waals surface area contributed by atoms with Crippen LogP contribution in [0.1, 0.15) is 11.4 Å². The highest BCUT2D eigenvalue weighted by atomic mass is 16.5. The summed E-state index contributed by atoms with van der Waals surface area (Å²) in [5.74, 6) is 3.23. The Hall–Kier alpha value is -2.30. The van der Waals surface area contributed by atoms with Crippen LogP contribution in [0.2, 0.25) is 0 Å². The average Bonchev–Trinajstić information content (AvgIpc) is 2.46. The summed E-state index contributed by atoms with van der Waals surface area (Å²) in [5, 5.41) is 3.38. The fraction of sp³-hybridized carbons (Fsp3) is 0.333. The third kappa shape index (κ3) is 2.52. The maximum atomic E-state index is 5.83. The molecule has 3 rings (SSSR count). The van der Waals surface area contributed by atoms with Crippen molar-refractivity contribution in [1.29, 1.82) is 0 Å². The van der Waals surface area contributed by atoms with E-state index in [1.807, 2.05) is 25.1 Å². The zero-order valence-corrected chi connectivity index (χ0v) is 11.6. The van der Waals surface area contributed by atoms with Gasteiger partial charge in [0.15, 0.2) is 11.5 Å². The largest absolute Gasteiger partial charge is 0.493 e. The zero-order valence-electron chi connectivity index (χ0n) is 11.6. The second kappa shape index (κ2) is 5.36. The second-order valence-electron chi connectivity index (χ2n) is 4.79. The highest BCUT2D eigenvalue weighted by molar-refractivity contribution is 5.49. The van der Waals surface area contributed by atoms with Gasteiger partial charge < -0.3 is 14.8 Å². The number of benzene rings is 1. The van der Waals surface area contributed by atoms with Crippen molar-refractivity contribution >= 4 is 5.82 Å². The van der Waals surface area contributed by atoms with Gasteiger partial charge in [-0.05, 0) is 25.5 Å². The first-order chi connectivity index (χ1) is 9.76. The molecule has 0 aliphatic carbocycles. The number of aryl methyl sites for hydroxylation is 1. The maximum absolute atomic E-state index is 5.83. The molecule has 0 spiro atoms. The molecule has 1 aliphatic rings. The molecule has 0 saturated carbocycles. The molecule has 1 aromatic heterocycles. The number of ether oxygens (including phenoxy) is 2. The quantitative estimate of drug-likeness (QED) is 0.927. The molecule has 104 valence electrons. The smallest absolute Gasteiger partial charge is 0.164 e. The van der Waals surface area contributed by atoms with E-state index in [-0.39, 0.29) is 6.04 Å². The minimum atomic E-state index is 0.198. The third-order valence-corrected chi connectivity index (χ3v) is 3.30. The maximum Gasteiger partial charge on any atom is 0.164 e. The van der Waals surface area contributed by atoms with E-state index < -0.39 is 0 Å². The molecule has 0 radical (unpaired) electrons. The first kappa shape index (κ1) is 12.7. The van der Waals surface area contributed by atoms with E-state index >= 15 is 0 Å². The van der Waals surface area contributed by atoms with Crippen LogP contribution < -0.4 is 14.8 Å². The van der Waals surface area contributed by atoms with Crippen LogP contribution in [0.25, 0.3) is 0 Å². The fourth-order valence-electron chi connectivity index (χ4n) is 2.39. The summed E-state index contributed by atoms with van der Waals surface area (Å²) in [5.41, 5.74) is 1.15. The minimum Gasteiger partial charge on any atom is -0.493 e. The van der Waals surface area contributed by atoms with Gasteiger partial charge in [-0.2, -0.15) is 0 Å². The number of hydrogen-bond donors (Lipinski definition) is 1. The molecule has 5 nitrogen and oxygen atoms in total. The standard InChI is InChI=1S/C15H17N3O2/c1-10-16-7-6-14(17-10)18-12-8-11-4-3-5-13(19-2)15(11)20-9-12/h3-7,12H,8-9H2,1-2H3,(H,16,17,18). The molecule has 1 aromatic carbocycles. The Kier molecular flexibility index (Phi) is 3.41. The molecule has 20 heavy (non-hydrogen) atoms. The molecule has 5 heteroatoms. The van der Waals surface area contributed by atoms with E-state index in [1.165, 1.54) is 0 Å². The molecule has 2 aromatic rings. The number of hydrogen-bond acceptors (Lipinski definition) is 5. The number of nitrogens with zero attached hydrogens (tertiary/aromatic N) is 2. The minimum absolute atomic E-state index is 0.198. The summed E-state index contributed by atoms with van der Waals surface area (Å²) < 4.78 is 11.1. The number of rotatable bonds is 3. The molecule has 0 fully saturated rings. The monoisotopic (exact) mass is 271 g/mol. The predicted octanol–water partition coefficient (Wildman–Crippen LogP) is 2.21. The van der Waals surface area contributed by atoms with Crippen LogP contribution >= 0.6 is 0 Å². The van der Waals surface area contributed by atoms with Crippen molar-refractivity contribution in [3.05, 3.63) is 41.9 Å². The Bertz CT molecular complexity index is 616. The lowest BCUT2D eigenvalue weighted by Gasteiger charge is -2.27.